The third-order valence-electron chi connectivity index (χ3n) is 2.26. The molecule has 5 heteroatoms. The molecule has 0 unspecified atom stereocenters. The van der Waals surface area contributed by atoms with E-state index in [4.69, 9.17) is 0 Å². The Morgan fingerprint density at radius 1 is 0.786 bits per heavy atom. The average Bonchev–Trinajstić information content (AvgIpc) is 2.33. The van der Waals surface area contributed by atoms with Gasteiger partial charge in [-0.2, -0.15) is 0 Å². The molecule has 2 saturated heterocycles. The molecule has 2 aliphatic heterocycles. The lowest BCUT2D eigenvalue weighted by molar-refractivity contribution is -0.118. The van der Waals surface area contributed by atoms with Crippen LogP contribution in [0, 0.1) is 0 Å². The molecule has 0 aromatic rings. The predicted molar refractivity (Wildman–Crippen MR) is 56.2 cm³/mol. The predicted octanol–water partition coefficient (Wildman–Crippen LogP) is -1.77. The monoisotopic (exact) mass is 200 g/mol. The van der Waals surface area contributed by atoms with Crippen LogP contribution in [-0.4, -0.2) is 63.7 Å². The Balaban J connectivity index is 0.000000146. The van der Waals surface area contributed by atoms with E-state index in [1.807, 2.05) is 0 Å². The van der Waals surface area contributed by atoms with Crippen LogP contribution < -0.4 is 16.0 Å². The molecule has 0 aliphatic carbocycles. The maximum absolute atomic E-state index is 10.1. The number of piperazine rings is 2. The van der Waals surface area contributed by atoms with E-state index in [0.717, 1.165) is 58.8 Å². The summed E-state index contributed by atoms with van der Waals surface area (Å²) in [4.78, 5) is 11.8. The van der Waals surface area contributed by atoms with Crippen molar-refractivity contribution in [1.29, 1.82) is 0 Å². The summed E-state index contributed by atoms with van der Waals surface area (Å²) in [6.07, 6.45) is 0.904. The van der Waals surface area contributed by atoms with Crippen molar-refractivity contribution in [2.45, 2.75) is 0 Å². The van der Waals surface area contributed by atoms with Gasteiger partial charge in [0, 0.05) is 52.4 Å². The van der Waals surface area contributed by atoms with Crippen molar-refractivity contribution in [3.05, 3.63) is 0 Å². The molecule has 0 aromatic carbocycles. The van der Waals surface area contributed by atoms with E-state index in [0.29, 0.717) is 0 Å². The number of hydrogen-bond donors (Lipinski definition) is 3. The number of carbonyl (C=O) groups excluding carboxylic acids is 1. The zero-order chi connectivity index (χ0) is 10.1. The smallest absolute Gasteiger partial charge is 0.209 e. The Bertz CT molecular complexity index is 132. The normalized spacial score (nSPS) is 22.1. The molecule has 3 N–H and O–H groups in total. The van der Waals surface area contributed by atoms with Crippen molar-refractivity contribution < 1.29 is 4.79 Å². The van der Waals surface area contributed by atoms with Crippen LogP contribution in [0.4, 0.5) is 0 Å². The summed E-state index contributed by atoms with van der Waals surface area (Å²) in [5.41, 5.74) is 0. The molecule has 82 valence electrons. The van der Waals surface area contributed by atoms with E-state index in [1.54, 1.807) is 4.90 Å². The van der Waals surface area contributed by atoms with E-state index in [2.05, 4.69) is 16.0 Å². The Kier molecular flexibility index (Phi) is 6.30. The molecule has 14 heavy (non-hydrogen) atoms. The quantitative estimate of drug-likeness (QED) is 0.438. The fourth-order valence-electron chi connectivity index (χ4n) is 1.39. The highest BCUT2D eigenvalue weighted by Crippen LogP contribution is 1.84. The van der Waals surface area contributed by atoms with Gasteiger partial charge in [0.15, 0.2) is 0 Å². The summed E-state index contributed by atoms with van der Waals surface area (Å²) in [7, 11) is 0. The second-order valence-electron chi connectivity index (χ2n) is 3.39. The molecular weight excluding hydrogens is 180 g/mol. The van der Waals surface area contributed by atoms with E-state index in [1.165, 1.54) is 0 Å². The van der Waals surface area contributed by atoms with Crippen LogP contribution in [0.3, 0.4) is 0 Å². The lowest BCUT2D eigenvalue weighted by Crippen LogP contribution is -2.42. The second-order valence-corrected chi connectivity index (χ2v) is 3.39. The molecule has 0 spiro atoms. The van der Waals surface area contributed by atoms with Gasteiger partial charge in [-0.3, -0.25) is 4.79 Å². The van der Waals surface area contributed by atoms with Crippen LogP contribution in [0.5, 0.6) is 0 Å². The standard InChI is InChI=1S/C5H10N2O.C4H10N2/c8-5-7-3-1-6-2-4-7;1-2-6-4-3-5-1/h5-6H,1-4H2;5-6H,1-4H2. The summed E-state index contributed by atoms with van der Waals surface area (Å²) in [5, 5.41) is 9.59. The van der Waals surface area contributed by atoms with E-state index >= 15 is 0 Å². The fourth-order valence-corrected chi connectivity index (χ4v) is 1.39. The Morgan fingerprint density at radius 3 is 1.50 bits per heavy atom. The summed E-state index contributed by atoms with van der Waals surface area (Å²) in [5.74, 6) is 0. The first-order valence-electron chi connectivity index (χ1n) is 5.25. The Morgan fingerprint density at radius 2 is 1.21 bits per heavy atom. The topological polar surface area (TPSA) is 56.4 Å². The molecule has 2 rings (SSSR count). The number of nitrogens with zero attached hydrogens (tertiary/aromatic N) is 1. The summed E-state index contributed by atoms with van der Waals surface area (Å²) >= 11 is 0. The van der Waals surface area contributed by atoms with E-state index in [9.17, 15) is 4.79 Å². The van der Waals surface area contributed by atoms with Crippen molar-refractivity contribution >= 4 is 6.41 Å². The van der Waals surface area contributed by atoms with Gasteiger partial charge >= 0.3 is 0 Å². The van der Waals surface area contributed by atoms with Gasteiger partial charge in [0.05, 0.1) is 0 Å². The van der Waals surface area contributed by atoms with Gasteiger partial charge in [-0.1, -0.05) is 0 Å². The highest BCUT2D eigenvalue weighted by molar-refractivity contribution is 5.47. The van der Waals surface area contributed by atoms with Crippen LogP contribution in [0.15, 0.2) is 0 Å². The summed E-state index contributed by atoms with van der Waals surface area (Å²) in [6, 6.07) is 0. The zero-order valence-corrected chi connectivity index (χ0v) is 8.59. The van der Waals surface area contributed by atoms with Gasteiger partial charge in [0.25, 0.3) is 0 Å². The minimum atomic E-state index is 0.865. The second kappa shape index (κ2) is 7.73. The first kappa shape index (κ1) is 11.4. The molecule has 0 saturated carbocycles. The maximum atomic E-state index is 10.1. The molecule has 0 radical (unpaired) electrons. The highest BCUT2D eigenvalue weighted by atomic mass is 16.1. The third kappa shape index (κ3) is 5.16. The lowest BCUT2D eigenvalue weighted by atomic mass is 10.4. The SMILES string of the molecule is C1CNCCN1.O=CN1CCNCC1. The number of carbonyl (C=O) groups is 1. The fraction of sp³-hybridized carbons (Fsp3) is 0.889. The average molecular weight is 200 g/mol. The maximum Gasteiger partial charge on any atom is 0.209 e. The molecule has 2 aliphatic rings. The molecule has 2 fully saturated rings. The number of amides is 1. The Labute approximate surface area is 85.2 Å². The molecule has 0 aromatic heterocycles. The summed E-state index contributed by atoms with van der Waals surface area (Å²) in [6.45, 7) is 8.17. The molecule has 5 nitrogen and oxygen atoms in total. The van der Waals surface area contributed by atoms with E-state index in [-0.39, 0.29) is 0 Å². The minimum absolute atomic E-state index is 0.865. The van der Waals surface area contributed by atoms with Gasteiger partial charge in [-0.15, -0.1) is 0 Å². The molecule has 2 heterocycles. The summed E-state index contributed by atoms with van der Waals surface area (Å²) < 4.78 is 0. The third-order valence-corrected chi connectivity index (χ3v) is 2.26. The van der Waals surface area contributed by atoms with Crippen LogP contribution >= 0.6 is 0 Å². The van der Waals surface area contributed by atoms with Gasteiger partial charge in [0.2, 0.25) is 6.41 Å². The highest BCUT2D eigenvalue weighted by Gasteiger charge is 2.04. The molecule has 0 bridgehead atoms. The van der Waals surface area contributed by atoms with Gasteiger partial charge in [0.1, 0.15) is 0 Å². The number of hydrogen-bond acceptors (Lipinski definition) is 4. The van der Waals surface area contributed by atoms with Crippen LogP contribution in [-0.2, 0) is 4.79 Å². The van der Waals surface area contributed by atoms with Crippen molar-refractivity contribution in [2.75, 3.05) is 52.4 Å². The number of nitrogens with one attached hydrogen (secondary N) is 3. The van der Waals surface area contributed by atoms with Crippen molar-refractivity contribution in [3.63, 3.8) is 0 Å². The van der Waals surface area contributed by atoms with Crippen LogP contribution in [0.25, 0.3) is 0 Å². The van der Waals surface area contributed by atoms with Crippen LogP contribution in [0.1, 0.15) is 0 Å². The largest absolute Gasteiger partial charge is 0.343 e. The first-order chi connectivity index (χ1) is 6.93. The molecular formula is C9H20N4O. The van der Waals surface area contributed by atoms with E-state index < -0.39 is 0 Å². The molecule has 0 atom stereocenters. The number of rotatable bonds is 1. The van der Waals surface area contributed by atoms with Crippen molar-refractivity contribution in [1.82, 2.24) is 20.9 Å². The van der Waals surface area contributed by atoms with Crippen molar-refractivity contribution in [3.8, 4) is 0 Å². The Hall–Kier alpha value is -0.650. The van der Waals surface area contributed by atoms with Gasteiger partial charge in [-0.05, 0) is 0 Å². The van der Waals surface area contributed by atoms with Gasteiger partial charge in [-0.25, -0.2) is 0 Å². The minimum Gasteiger partial charge on any atom is -0.343 e. The van der Waals surface area contributed by atoms with Crippen molar-refractivity contribution in [2.24, 2.45) is 0 Å². The van der Waals surface area contributed by atoms with Gasteiger partial charge < -0.3 is 20.9 Å². The van der Waals surface area contributed by atoms with Crippen LogP contribution in [0.2, 0.25) is 0 Å². The zero-order valence-electron chi connectivity index (χ0n) is 8.59. The molecule has 1 amide bonds. The first-order valence-corrected chi connectivity index (χ1v) is 5.25. The lowest BCUT2D eigenvalue weighted by Gasteiger charge is -2.22.